The summed E-state index contributed by atoms with van der Waals surface area (Å²) in [5.41, 5.74) is 8.03. The van der Waals surface area contributed by atoms with Crippen molar-refractivity contribution in [3.63, 3.8) is 0 Å². The largest absolute Gasteiger partial charge is 0.493 e. The number of thiazole rings is 1. The molecule has 3 rings (SSSR count). The minimum atomic E-state index is 0.589. The summed E-state index contributed by atoms with van der Waals surface area (Å²) in [5, 5.41) is 1.96. The quantitative estimate of drug-likeness (QED) is 0.925. The molecule has 0 amide bonds. The van der Waals surface area contributed by atoms with Crippen molar-refractivity contribution in [1.29, 1.82) is 0 Å². The zero-order chi connectivity index (χ0) is 14.8. The van der Waals surface area contributed by atoms with Crippen LogP contribution in [0, 0.1) is 0 Å². The average Bonchev–Trinajstić information content (AvgIpc) is 3.15. The van der Waals surface area contributed by atoms with E-state index in [-0.39, 0.29) is 0 Å². The first-order valence-electron chi connectivity index (χ1n) is 7.21. The van der Waals surface area contributed by atoms with Crippen molar-refractivity contribution in [3.8, 4) is 22.8 Å². The molecule has 1 heterocycles. The number of anilines is 1. The van der Waals surface area contributed by atoms with Crippen LogP contribution in [0.4, 0.5) is 5.00 Å². The fourth-order valence-electron chi connectivity index (χ4n) is 2.89. The molecule has 112 valence electrons. The zero-order valence-corrected chi connectivity index (χ0v) is 13.2. The molecule has 1 fully saturated rings. The first-order chi connectivity index (χ1) is 10.2. The molecule has 5 heteroatoms. The van der Waals surface area contributed by atoms with E-state index >= 15 is 0 Å². The molecule has 0 radical (unpaired) electrons. The predicted molar refractivity (Wildman–Crippen MR) is 86.3 cm³/mol. The summed E-state index contributed by atoms with van der Waals surface area (Å²) in [6, 6.07) is 5.80. The lowest BCUT2D eigenvalue weighted by molar-refractivity contribution is 0.355. The van der Waals surface area contributed by atoms with Gasteiger partial charge in [-0.05, 0) is 31.0 Å². The number of nitrogens with zero attached hydrogens (tertiary/aromatic N) is 1. The summed E-state index contributed by atoms with van der Waals surface area (Å²) in [6.07, 6.45) is 5.07. The molecule has 21 heavy (non-hydrogen) atoms. The van der Waals surface area contributed by atoms with E-state index in [0.717, 1.165) is 16.3 Å². The first-order valence-corrected chi connectivity index (χ1v) is 8.03. The lowest BCUT2D eigenvalue weighted by atomic mass is 10.1. The number of methoxy groups -OCH3 is 2. The Kier molecular flexibility index (Phi) is 4.01. The molecule has 0 bridgehead atoms. The monoisotopic (exact) mass is 304 g/mol. The topological polar surface area (TPSA) is 57.4 Å². The molecule has 0 spiro atoms. The number of ether oxygens (including phenoxy) is 2. The smallest absolute Gasteiger partial charge is 0.161 e. The highest BCUT2D eigenvalue weighted by atomic mass is 32.1. The van der Waals surface area contributed by atoms with E-state index in [1.165, 1.54) is 30.7 Å². The van der Waals surface area contributed by atoms with E-state index in [9.17, 15) is 0 Å². The molecule has 1 aromatic heterocycles. The molecule has 0 saturated heterocycles. The maximum Gasteiger partial charge on any atom is 0.161 e. The Bertz CT molecular complexity index is 633. The normalized spacial score (nSPS) is 15.3. The van der Waals surface area contributed by atoms with Crippen LogP contribution < -0.4 is 15.2 Å². The van der Waals surface area contributed by atoms with Crippen molar-refractivity contribution in [2.75, 3.05) is 20.0 Å². The lowest BCUT2D eigenvalue weighted by Gasteiger charge is -2.08. The van der Waals surface area contributed by atoms with Gasteiger partial charge in [-0.2, -0.15) is 0 Å². The molecule has 4 nitrogen and oxygen atoms in total. The molecule has 2 N–H and O–H groups in total. The summed E-state index contributed by atoms with van der Waals surface area (Å²) >= 11 is 1.62. The van der Waals surface area contributed by atoms with Crippen LogP contribution in [0.1, 0.15) is 36.6 Å². The van der Waals surface area contributed by atoms with E-state index in [0.29, 0.717) is 17.4 Å². The van der Waals surface area contributed by atoms with Crippen LogP contribution in [0.3, 0.4) is 0 Å². The number of benzene rings is 1. The van der Waals surface area contributed by atoms with Crippen molar-refractivity contribution in [1.82, 2.24) is 4.98 Å². The molecule has 2 aromatic rings. The second-order valence-electron chi connectivity index (χ2n) is 5.32. The fourth-order valence-corrected chi connectivity index (χ4v) is 3.91. The Hall–Kier alpha value is -1.75. The summed E-state index contributed by atoms with van der Waals surface area (Å²) in [7, 11) is 3.27. The van der Waals surface area contributed by atoms with Gasteiger partial charge >= 0.3 is 0 Å². The standard InChI is InChI=1S/C16H20N2O2S/c1-19-12-8-7-11(9-13(12)20-2)14-15(17)21-16(18-14)10-5-3-4-6-10/h7-10H,3-6,17H2,1-2H3. The summed E-state index contributed by atoms with van der Waals surface area (Å²) < 4.78 is 10.6. The van der Waals surface area contributed by atoms with Crippen LogP contribution in [0.2, 0.25) is 0 Å². The molecule has 1 aromatic carbocycles. The van der Waals surface area contributed by atoms with E-state index in [4.69, 9.17) is 20.2 Å². The highest BCUT2D eigenvalue weighted by molar-refractivity contribution is 7.16. The Labute approximate surface area is 128 Å². The zero-order valence-electron chi connectivity index (χ0n) is 12.4. The van der Waals surface area contributed by atoms with Crippen molar-refractivity contribution in [3.05, 3.63) is 23.2 Å². The second-order valence-corrected chi connectivity index (χ2v) is 6.38. The molecular weight excluding hydrogens is 284 g/mol. The molecule has 1 saturated carbocycles. The molecule has 1 aliphatic carbocycles. The van der Waals surface area contributed by atoms with Gasteiger partial charge in [0.15, 0.2) is 11.5 Å². The van der Waals surface area contributed by atoms with Gasteiger partial charge in [0.25, 0.3) is 0 Å². The van der Waals surface area contributed by atoms with Gasteiger partial charge in [-0.25, -0.2) is 4.98 Å². The third kappa shape index (κ3) is 2.70. The van der Waals surface area contributed by atoms with Crippen molar-refractivity contribution in [2.24, 2.45) is 0 Å². The predicted octanol–water partition coefficient (Wildman–Crippen LogP) is 4.07. The van der Waals surface area contributed by atoms with Crippen molar-refractivity contribution >= 4 is 16.3 Å². The molecule has 0 atom stereocenters. The van der Waals surface area contributed by atoms with Crippen LogP contribution in [-0.2, 0) is 0 Å². The van der Waals surface area contributed by atoms with Crippen molar-refractivity contribution < 1.29 is 9.47 Å². The van der Waals surface area contributed by atoms with Gasteiger partial charge in [0.1, 0.15) is 10.7 Å². The minimum absolute atomic E-state index is 0.589. The van der Waals surface area contributed by atoms with Crippen LogP contribution >= 0.6 is 11.3 Å². The maximum absolute atomic E-state index is 6.19. The number of hydrogen-bond acceptors (Lipinski definition) is 5. The Morgan fingerprint density at radius 2 is 1.86 bits per heavy atom. The van der Waals surface area contributed by atoms with Crippen LogP contribution in [0.25, 0.3) is 11.3 Å². The summed E-state index contributed by atoms with van der Waals surface area (Å²) in [4.78, 5) is 4.79. The Morgan fingerprint density at radius 1 is 1.14 bits per heavy atom. The van der Waals surface area contributed by atoms with Gasteiger partial charge in [0.05, 0.1) is 19.2 Å². The van der Waals surface area contributed by atoms with E-state index in [1.54, 1.807) is 25.6 Å². The van der Waals surface area contributed by atoms with Gasteiger partial charge < -0.3 is 15.2 Å². The number of rotatable bonds is 4. The molecule has 1 aliphatic rings. The van der Waals surface area contributed by atoms with Gasteiger partial charge in [-0.3, -0.25) is 0 Å². The summed E-state index contributed by atoms with van der Waals surface area (Å²) in [5.74, 6) is 2.00. The van der Waals surface area contributed by atoms with Gasteiger partial charge in [0.2, 0.25) is 0 Å². The first kappa shape index (κ1) is 14.2. The average molecular weight is 304 g/mol. The maximum atomic E-state index is 6.19. The third-order valence-corrected chi connectivity index (χ3v) is 5.08. The minimum Gasteiger partial charge on any atom is -0.493 e. The number of nitrogens with two attached hydrogens (primary N) is 1. The molecule has 0 aliphatic heterocycles. The third-order valence-electron chi connectivity index (χ3n) is 4.03. The van der Waals surface area contributed by atoms with Crippen LogP contribution in [0.15, 0.2) is 18.2 Å². The highest BCUT2D eigenvalue weighted by Gasteiger charge is 2.22. The van der Waals surface area contributed by atoms with Crippen LogP contribution in [0.5, 0.6) is 11.5 Å². The van der Waals surface area contributed by atoms with Crippen molar-refractivity contribution in [2.45, 2.75) is 31.6 Å². The number of aromatic nitrogens is 1. The second kappa shape index (κ2) is 5.93. The van der Waals surface area contributed by atoms with E-state index in [2.05, 4.69) is 0 Å². The molecule has 0 unspecified atom stereocenters. The lowest BCUT2D eigenvalue weighted by Crippen LogP contribution is -1.93. The van der Waals surface area contributed by atoms with Gasteiger partial charge in [-0.1, -0.05) is 12.8 Å². The summed E-state index contributed by atoms with van der Waals surface area (Å²) in [6.45, 7) is 0. The molecular formula is C16H20N2O2S. The Morgan fingerprint density at radius 3 is 2.52 bits per heavy atom. The highest BCUT2D eigenvalue weighted by Crippen LogP contribution is 2.42. The van der Waals surface area contributed by atoms with Crippen LogP contribution in [-0.4, -0.2) is 19.2 Å². The van der Waals surface area contributed by atoms with E-state index < -0.39 is 0 Å². The van der Waals surface area contributed by atoms with E-state index in [1.807, 2.05) is 18.2 Å². The number of hydrogen-bond donors (Lipinski definition) is 1. The Balaban J connectivity index is 1.96. The van der Waals surface area contributed by atoms with Gasteiger partial charge in [0, 0.05) is 11.5 Å². The van der Waals surface area contributed by atoms with Gasteiger partial charge in [-0.15, -0.1) is 11.3 Å². The fraction of sp³-hybridized carbons (Fsp3) is 0.438. The SMILES string of the molecule is COc1ccc(-c2nc(C3CCCC3)sc2N)cc1OC. The number of nitrogen functional groups attached to an aromatic ring is 1.